The summed E-state index contributed by atoms with van der Waals surface area (Å²) >= 11 is 0. The summed E-state index contributed by atoms with van der Waals surface area (Å²) in [6, 6.07) is 4.10. The lowest BCUT2D eigenvalue weighted by molar-refractivity contribution is 0.408. The quantitative estimate of drug-likeness (QED) is 0.774. The molecule has 0 N–H and O–H groups in total. The Bertz CT molecular complexity index is 526. The summed E-state index contributed by atoms with van der Waals surface area (Å²) in [5.74, 6) is 2.37. The Labute approximate surface area is 96.1 Å². The molecule has 0 aliphatic heterocycles. The molecule has 2 rings (SSSR count). The van der Waals surface area contributed by atoms with Crippen LogP contribution in [0.1, 0.15) is 31.2 Å². The van der Waals surface area contributed by atoms with Gasteiger partial charge in [0.1, 0.15) is 11.6 Å². The van der Waals surface area contributed by atoms with Crippen molar-refractivity contribution >= 4 is 11.0 Å². The van der Waals surface area contributed by atoms with Gasteiger partial charge in [-0.05, 0) is 25.0 Å². The maximum Gasteiger partial charge on any atom is 0.124 e. The third kappa shape index (κ3) is 1.47. The van der Waals surface area contributed by atoms with Crippen molar-refractivity contribution in [1.82, 2.24) is 9.55 Å². The van der Waals surface area contributed by atoms with Gasteiger partial charge in [0, 0.05) is 12.6 Å². The van der Waals surface area contributed by atoms with E-state index in [2.05, 4.69) is 29.5 Å². The molecule has 3 nitrogen and oxygen atoms in total. The lowest BCUT2D eigenvalue weighted by Crippen LogP contribution is -1.96. The van der Waals surface area contributed by atoms with Crippen molar-refractivity contribution in [2.75, 3.05) is 7.11 Å². The van der Waals surface area contributed by atoms with Crippen LogP contribution in [0.25, 0.3) is 11.0 Å². The molecule has 0 bridgehead atoms. The summed E-state index contributed by atoms with van der Waals surface area (Å²) in [6.07, 6.45) is 0. The normalized spacial score (nSPS) is 11.4. The molecule has 0 radical (unpaired) electrons. The highest BCUT2D eigenvalue weighted by Gasteiger charge is 2.16. The average molecular weight is 218 g/mol. The number of ether oxygens (including phenoxy) is 1. The van der Waals surface area contributed by atoms with Gasteiger partial charge in [0.2, 0.25) is 0 Å². The lowest BCUT2D eigenvalue weighted by Gasteiger charge is -2.12. The van der Waals surface area contributed by atoms with Gasteiger partial charge in [-0.2, -0.15) is 0 Å². The first-order valence-electron chi connectivity index (χ1n) is 5.56. The van der Waals surface area contributed by atoms with E-state index in [1.54, 1.807) is 7.11 Å². The Balaban J connectivity index is 2.84. The van der Waals surface area contributed by atoms with Crippen molar-refractivity contribution in [1.29, 1.82) is 0 Å². The highest BCUT2D eigenvalue weighted by molar-refractivity contribution is 5.82. The molecule has 1 heterocycles. The number of nitrogens with zero attached hydrogens (tertiary/aromatic N) is 2. The van der Waals surface area contributed by atoms with Crippen LogP contribution in [0.3, 0.4) is 0 Å². The molecule has 86 valence electrons. The van der Waals surface area contributed by atoms with E-state index in [9.17, 15) is 0 Å². The number of methoxy groups -OCH3 is 1. The van der Waals surface area contributed by atoms with Crippen LogP contribution in [0.15, 0.2) is 12.1 Å². The van der Waals surface area contributed by atoms with Crippen LogP contribution in [0.2, 0.25) is 0 Å². The van der Waals surface area contributed by atoms with Crippen LogP contribution in [0, 0.1) is 6.92 Å². The van der Waals surface area contributed by atoms with Crippen molar-refractivity contribution in [3.05, 3.63) is 23.5 Å². The third-order valence-corrected chi connectivity index (χ3v) is 3.07. The van der Waals surface area contributed by atoms with Gasteiger partial charge in [-0.3, -0.25) is 0 Å². The fourth-order valence-electron chi connectivity index (χ4n) is 2.11. The Morgan fingerprint density at radius 1 is 1.31 bits per heavy atom. The van der Waals surface area contributed by atoms with Gasteiger partial charge in [0.15, 0.2) is 0 Å². The Hall–Kier alpha value is -1.51. The SMILES string of the molecule is COc1ccc2c(nc(C)n2C)c1C(C)C. The average Bonchev–Trinajstić information content (AvgIpc) is 2.53. The molecule has 0 aliphatic carbocycles. The van der Waals surface area contributed by atoms with Gasteiger partial charge in [-0.25, -0.2) is 4.98 Å². The van der Waals surface area contributed by atoms with Crippen LogP contribution in [-0.4, -0.2) is 16.7 Å². The zero-order valence-electron chi connectivity index (χ0n) is 10.5. The van der Waals surface area contributed by atoms with Crippen LogP contribution in [0.5, 0.6) is 5.75 Å². The van der Waals surface area contributed by atoms with Gasteiger partial charge < -0.3 is 9.30 Å². The second-order valence-electron chi connectivity index (χ2n) is 4.42. The van der Waals surface area contributed by atoms with Crippen molar-refractivity contribution < 1.29 is 4.74 Å². The minimum absolute atomic E-state index is 0.410. The highest BCUT2D eigenvalue weighted by atomic mass is 16.5. The second-order valence-corrected chi connectivity index (χ2v) is 4.42. The van der Waals surface area contributed by atoms with Gasteiger partial charge >= 0.3 is 0 Å². The molecule has 0 atom stereocenters. The molecule has 0 saturated carbocycles. The summed E-state index contributed by atoms with van der Waals surface area (Å²) < 4.78 is 7.53. The number of imidazole rings is 1. The smallest absolute Gasteiger partial charge is 0.124 e. The maximum atomic E-state index is 5.41. The number of fused-ring (bicyclic) bond motifs is 1. The van der Waals surface area contributed by atoms with Crippen LogP contribution in [0.4, 0.5) is 0 Å². The molecule has 2 aromatic rings. The van der Waals surface area contributed by atoms with Gasteiger partial charge in [0.25, 0.3) is 0 Å². The molecule has 16 heavy (non-hydrogen) atoms. The van der Waals surface area contributed by atoms with Crippen LogP contribution < -0.4 is 4.74 Å². The van der Waals surface area contributed by atoms with Gasteiger partial charge in [-0.1, -0.05) is 13.8 Å². The molecule has 0 spiro atoms. The van der Waals surface area contributed by atoms with E-state index in [0.717, 1.165) is 17.1 Å². The standard InChI is InChI=1S/C13H18N2O/c1-8(2)12-11(16-5)7-6-10-13(12)14-9(3)15(10)4/h6-8H,1-5H3. The largest absolute Gasteiger partial charge is 0.496 e. The predicted octanol–water partition coefficient (Wildman–Crippen LogP) is 3.01. The molecule has 1 aromatic carbocycles. The molecule has 0 saturated heterocycles. The van der Waals surface area contributed by atoms with Crippen molar-refractivity contribution in [3.8, 4) is 5.75 Å². The first-order valence-corrected chi connectivity index (χ1v) is 5.56. The first-order chi connectivity index (χ1) is 7.56. The number of benzene rings is 1. The van der Waals surface area contributed by atoms with Gasteiger partial charge in [0.05, 0.1) is 18.1 Å². The summed E-state index contributed by atoms with van der Waals surface area (Å²) in [7, 11) is 3.75. The van der Waals surface area contributed by atoms with Crippen molar-refractivity contribution in [2.24, 2.45) is 7.05 Å². The van der Waals surface area contributed by atoms with Crippen LogP contribution in [-0.2, 0) is 7.05 Å². The topological polar surface area (TPSA) is 27.1 Å². The minimum Gasteiger partial charge on any atom is -0.496 e. The molecule has 0 unspecified atom stereocenters. The number of aryl methyl sites for hydroxylation is 2. The van der Waals surface area contributed by atoms with E-state index in [1.807, 2.05) is 20.0 Å². The molecule has 0 fully saturated rings. The summed E-state index contributed by atoms with van der Waals surface area (Å²) in [5.41, 5.74) is 3.43. The van der Waals surface area contributed by atoms with E-state index in [4.69, 9.17) is 4.74 Å². The monoisotopic (exact) mass is 218 g/mol. The van der Waals surface area contributed by atoms with Crippen molar-refractivity contribution in [2.45, 2.75) is 26.7 Å². The van der Waals surface area contributed by atoms with E-state index >= 15 is 0 Å². The predicted molar refractivity (Wildman–Crippen MR) is 66.1 cm³/mol. The third-order valence-electron chi connectivity index (χ3n) is 3.07. The zero-order valence-corrected chi connectivity index (χ0v) is 10.5. The second kappa shape index (κ2) is 3.81. The Kier molecular flexibility index (Phi) is 2.62. The molecule has 0 amide bonds. The maximum absolute atomic E-state index is 5.41. The molecule has 1 aromatic heterocycles. The number of hydrogen-bond donors (Lipinski definition) is 0. The molecule has 0 aliphatic rings. The minimum atomic E-state index is 0.410. The Morgan fingerprint density at radius 3 is 2.56 bits per heavy atom. The molecule has 3 heteroatoms. The lowest BCUT2D eigenvalue weighted by atomic mass is 10.0. The van der Waals surface area contributed by atoms with E-state index < -0.39 is 0 Å². The molecular formula is C13H18N2O. The summed E-state index contributed by atoms with van der Waals surface area (Å²) in [4.78, 5) is 4.63. The fourth-order valence-corrected chi connectivity index (χ4v) is 2.11. The van der Waals surface area contributed by atoms with Crippen LogP contribution >= 0.6 is 0 Å². The number of rotatable bonds is 2. The molecular weight excluding hydrogens is 200 g/mol. The van der Waals surface area contributed by atoms with Gasteiger partial charge in [-0.15, -0.1) is 0 Å². The van der Waals surface area contributed by atoms with E-state index in [1.165, 1.54) is 11.1 Å². The first kappa shape index (κ1) is 11.0. The Morgan fingerprint density at radius 2 is 2.00 bits per heavy atom. The highest BCUT2D eigenvalue weighted by Crippen LogP contribution is 2.33. The van der Waals surface area contributed by atoms with E-state index in [-0.39, 0.29) is 0 Å². The zero-order chi connectivity index (χ0) is 11.9. The summed E-state index contributed by atoms with van der Waals surface area (Å²) in [5, 5.41) is 0. The summed E-state index contributed by atoms with van der Waals surface area (Å²) in [6.45, 7) is 6.36. The fraction of sp³-hybridized carbons (Fsp3) is 0.462. The number of aromatic nitrogens is 2. The number of hydrogen-bond acceptors (Lipinski definition) is 2. The van der Waals surface area contributed by atoms with Crippen molar-refractivity contribution in [3.63, 3.8) is 0 Å². The van der Waals surface area contributed by atoms with E-state index in [0.29, 0.717) is 5.92 Å².